The Kier molecular flexibility index (Phi) is 2.46. The Bertz CT molecular complexity index is 523. The van der Waals surface area contributed by atoms with Gasteiger partial charge in [-0.1, -0.05) is 18.2 Å². The molecule has 1 atom stereocenters. The number of carbonyl (C=O) groups excluding carboxylic acids is 1. The summed E-state index contributed by atoms with van der Waals surface area (Å²) in [6.45, 7) is 3.26. The van der Waals surface area contributed by atoms with E-state index in [0.717, 1.165) is 37.5 Å². The molecule has 1 N–H and O–H groups in total. The lowest BCUT2D eigenvalue weighted by Gasteiger charge is -2.39. The number of amides is 1. The van der Waals surface area contributed by atoms with Gasteiger partial charge in [0.2, 0.25) is 5.91 Å². The molecule has 1 spiro atoms. The Hall–Kier alpha value is -1.35. The van der Waals surface area contributed by atoms with Crippen LogP contribution in [0, 0.1) is 5.92 Å². The summed E-state index contributed by atoms with van der Waals surface area (Å²) in [6.07, 6.45) is 4.89. The van der Waals surface area contributed by atoms with Crippen LogP contribution in [0.4, 0.5) is 5.69 Å². The van der Waals surface area contributed by atoms with Gasteiger partial charge in [0, 0.05) is 18.8 Å². The fraction of sp³-hybridized carbons (Fsp3) is 0.562. The first kappa shape index (κ1) is 11.5. The second-order valence-corrected chi connectivity index (χ2v) is 6.36. The highest BCUT2D eigenvalue weighted by Crippen LogP contribution is 2.44. The number of hydrogen-bond donors (Lipinski definition) is 1. The van der Waals surface area contributed by atoms with Gasteiger partial charge in [0.1, 0.15) is 0 Å². The van der Waals surface area contributed by atoms with Crippen LogP contribution in [0.5, 0.6) is 0 Å². The minimum Gasteiger partial charge on any atom is -0.325 e. The number of para-hydroxylation sites is 1. The van der Waals surface area contributed by atoms with Crippen LogP contribution in [0.3, 0.4) is 0 Å². The minimum absolute atomic E-state index is 0.217. The van der Waals surface area contributed by atoms with Crippen molar-refractivity contribution in [2.24, 2.45) is 5.92 Å². The second kappa shape index (κ2) is 4.07. The normalized spacial score (nSPS) is 30.4. The topological polar surface area (TPSA) is 32.3 Å². The van der Waals surface area contributed by atoms with Crippen molar-refractivity contribution in [3.63, 3.8) is 0 Å². The second-order valence-electron chi connectivity index (χ2n) is 6.36. The zero-order valence-corrected chi connectivity index (χ0v) is 11.2. The number of piperidine rings is 1. The number of benzene rings is 1. The quantitative estimate of drug-likeness (QED) is 0.881. The first-order chi connectivity index (χ1) is 9.28. The SMILES string of the molecule is O=C1Nc2ccccc2C12CCCN(CC1CC1)C2. The highest BCUT2D eigenvalue weighted by Gasteiger charge is 2.49. The molecule has 1 saturated carbocycles. The zero-order valence-electron chi connectivity index (χ0n) is 11.2. The maximum atomic E-state index is 12.5. The Labute approximate surface area is 114 Å². The number of nitrogens with zero attached hydrogens (tertiary/aromatic N) is 1. The number of fused-ring (bicyclic) bond motifs is 2. The van der Waals surface area contributed by atoms with Gasteiger partial charge in [0.05, 0.1) is 5.41 Å². The van der Waals surface area contributed by atoms with Gasteiger partial charge in [0.15, 0.2) is 0 Å². The largest absolute Gasteiger partial charge is 0.325 e. The number of carbonyl (C=O) groups is 1. The third kappa shape index (κ3) is 1.79. The van der Waals surface area contributed by atoms with Gasteiger partial charge in [-0.3, -0.25) is 4.79 Å². The number of hydrogen-bond acceptors (Lipinski definition) is 2. The fourth-order valence-electron chi connectivity index (χ4n) is 3.74. The molecule has 4 rings (SSSR count). The molecule has 1 unspecified atom stereocenters. The summed E-state index contributed by atoms with van der Waals surface area (Å²) in [5.41, 5.74) is 1.98. The molecule has 2 heterocycles. The molecule has 0 aromatic heterocycles. The molecule has 3 nitrogen and oxygen atoms in total. The maximum Gasteiger partial charge on any atom is 0.236 e. The Morgan fingerprint density at radius 2 is 2.16 bits per heavy atom. The summed E-state index contributed by atoms with van der Waals surface area (Å²) in [4.78, 5) is 15.0. The minimum atomic E-state index is -0.274. The van der Waals surface area contributed by atoms with E-state index in [0.29, 0.717) is 0 Å². The van der Waals surface area contributed by atoms with E-state index in [-0.39, 0.29) is 11.3 Å². The molecular weight excluding hydrogens is 236 g/mol. The van der Waals surface area contributed by atoms with Crippen molar-refractivity contribution in [2.75, 3.05) is 25.0 Å². The molecule has 1 amide bonds. The maximum absolute atomic E-state index is 12.5. The van der Waals surface area contributed by atoms with Crippen LogP contribution < -0.4 is 5.32 Å². The van der Waals surface area contributed by atoms with Crippen molar-refractivity contribution in [2.45, 2.75) is 31.1 Å². The van der Waals surface area contributed by atoms with E-state index in [1.165, 1.54) is 24.9 Å². The van der Waals surface area contributed by atoms with Gasteiger partial charge in [-0.25, -0.2) is 0 Å². The van der Waals surface area contributed by atoms with Crippen LogP contribution in [0.25, 0.3) is 0 Å². The molecule has 3 heteroatoms. The van der Waals surface area contributed by atoms with Crippen LogP contribution in [-0.4, -0.2) is 30.4 Å². The molecule has 19 heavy (non-hydrogen) atoms. The predicted molar refractivity (Wildman–Crippen MR) is 75.1 cm³/mol. The highest BCUT2D eigenvalue weighted by molar-refractivity contribution is 6.06. The number of anilines is 1. The lowest BCUT2D eigenvalue weighted by molar-refractivity contribution is -0.122. The van der Waals surface area contributed by atoms with E-state index in [4.69, 9.17) is 0 Å². The molecule has 0 radical (unpaired) electrons. The van der Waals surface area contributed by atoms with Gasteiger partial charge < -0.3 is 10.2 Å². The van der Waals surface area contributed by atoms with Crippen LogP contribution in [-0.2, 0) is 10.2 Å². The van der Waals surface area contributed by atoms with Crippen molar-refractivity contribution in [1.29, 1.82) is 0 Å². The average molecular weight is 256 g/mol. The number of likely N-dealkylation sites (tertiary alicyclic amines) is 1. The van der Waals surface area contributed by atoms with E-state index in [1.807, 2.05) is 12.1 Å². The first-order valence-corrected chi connectivity index (χ1v) is 7.41. The van der Waals surface area contributed by atoms with Gasteiger partial charge in [-0.15, -0.1) is 0 Å². The molecule has 2 aliphatic heterocycles. The molecule has 3 aliphatic rings. The van der Waals surface area contributed by atoms with Gasteiger partial charge in [0.25, 0.3) is 0 Å². The zero-order chi connectivity index (χ0) is 12.9. The summed E-state index contributed by atoms with van der Waals surface area (Å²) in [6, 6.07) is 8.22. The molecular formula is C16H20N2O. The average Bonchev–Trinajstić information content (AvgIpc) is 3.19. The standard InChI is InChI=1S/C16H20N2O/c19-15-16(13-4-1-2-5-14(13)17-15)8-3-9-18(11-16)10-12-6-7-12/h1-2,4-5,12H,3,6-11H2,(H,17,19). The number of nitrogens with one attached hydrogen (secondary N) is 1. The van der Waals surface area contributed by atoms with Crippen LogP contribution in [0.15, 0.2) is 24.3 Å². The van der Waals surface area contributed by atoms with Crippen LogP contribution >= 0.6 is 0 Å². The van der Waals surface area contributed by atoms with Crippen molar-refractivity contribution >= 4 is 11.6 Å². The summed E-state index contributed by atoms with van der Waals surface area (Å²) in [5, 5.41) is 3.08. The van der Waals surface area contributed by atoms with E-state index in [9.17, 15) is 4.79 Å². The Morgan fingerprint density at radius 3 is 3.00 bits per heavy atom. The number of rotatable bonds is 2. The molecule has 100 valence electrons. The van der Waals surface area contributed by atoms with Gasteiger partial charge in [-0.2, -0.15) is 0 Å². The van der Waals surface area contributed by atoms with E-state index in [1.54, 1.807) is 0 Å². The van der Waals surface area contributed by atoms with Gasteiger partial charge >= 0.3 is 0 Å². The molecule has 1 aromatic carbocycles. The van der Waals surface area contributed by atoms with E-state index >= 15 is 0 Å². The molecule has 2 fully saturated rings. The highest BCUT2D eigenvalue weighted by atomic mass is 16.2. The first-order valence-electron chi connectivity index (χ1n) is 7.41. The summed E-state index contributed by atoms with van der Waals surface area (Å²) >= 11 is 0. The summed E-state index contributed by atoms with van der Waals surface area (Å²) in [5.74, 6) is 1.11. The van der Waals surface area contributed by atoms with Crippen LogP contribution in [0.1, 0.15) is 31.2 Å². The molecule has 1 aromatic rings. The van der Waals surface area contributed by atoms with E-state index in [2.05, 4.69) is 22.3 Å². The molecule has 1 aliphatic carbocycles. The fourth-order valence-corrected chi connectivity index (χ4v) is 3.74. The van der Waals surface area contributed by atoms with E-state index < -0.39 is 0 Å². The van der Waals surface area contributed by atoms with Crippen LogP contribution in [0.2, 0.25) is 0 Å². The van der Waals surface area contributed by atoms with Crippen molar-refractivity contribution in [3.05, 3.63) is 29.8 Å². The summed E-state index contributed by atoms with van der Waals surface area (Å²) in [7, 11) is 0. The summed E-state index contributed by atoms with van der Waals surface area (Å²) < 4.78 is 0. The Balaban J connectivity index is 1.66. The van der Waals surface area contributed by atoms with Gasteiger partial charge in [-0.05, 0) is 49.8 Å². The van der Waals surface area contributed by atoms with Crippen molar-refractivity contribution in [1.82, 2.24) is 4.90 Å². The molecule has 1 saturated heterocycles. The third-order valence-electron chi connectivity index (χ3n) is 4.91. The monoisotopic (exact) mass is 256 g/mol. The molecule has 0 bridgehead atoms. The lowest BCUT2D eigenvalue weighted by Crippen LogP contribution is -2.50. The third-order valence-corrected chi connectivity index (χ3v) is 4.91. The lowest BCUT2D eigenvalue weighted by atomic mass is 9.75. The predicted octanol–water partition coefficient (Wildman–Crippen LogP) is 2.38. The van der Waals surface area contributed by atoms with Crippen molar-refractivity contribution < 1.29 is 4.79 Å². The Morgan fingerprint density at radius 1 is 1.32 bits per heavy atom. The van der Waals surface area contributed by atoms with Crippen molar-refractivity contribution in [3.8, 4) is 0 Å². The smallest absolute Gasteiger partial charge is 0.236 e.